The number of halogens is 1. The van der Waals surface area contributed by atoms with E-state index in [-0.39, 0.29) is 37.5 Å². The van der Waals surface area contributed by atoms with Gasteiger partial charge in [0.15, 0.2) is 0 Å². The number of carbonyl (C=O) groups is 1. The third kappa shape index (κ3) is 6.23. The molecule has 0 aliphatic carbocycles. The molecular weight excluding hydrogens is 475 g/mol. The maximum absolute atomic E-state index is 13.1. The van der Waals surface area contributed by atoms with Gasteiger partial charge in [0.1, 0.15) is 0 Å². The first kappa shape index (κ1) is 25.2. The minimum absolute atomic E-state index is 0.114. The van der Waals surface area contributed by atoms with Crippen molar-refractivity contribution in [1.29, 1.82) is 0 Å². The summed E-state index contributed by atoms with van der Waals surface area (Å²) in [6.45, 7) is 13.2. The predicted molar refractivity (Wildman–Crippen MR) is 132 cm³/mol. The molecule has 0 aromatic heterocycles. The molecule has 0 aliphatic rings. The van der Waals surface area contributed by atoms with Gasteiger partial charge in [-0.3, -0.25) is 0 Å². The average molecular weight is 510 g/mol. The van der Waals surface area contributed by atoms with Gasteiger partial charge < -0.3 is 0 Å². The van der Waals surface area contributed by atoms with E-state index in [1.165, 1.54) is 10.0 Å². The monoisotopic (exact) mass is 510 g/mol. The molecular formula is C25H35ClO2SeSi. The van der Waals surface area contributed by atoms with Crippen molar-refractivity contribution in [3.63, 3.8) is 0 Å². The number of hydrogen-bond donors (Lipinski definition) is 0. The van der Waals surface area contributed by atoms with Crippen LogP contribution in [0.1, 0.15) is 58.3 Å². The Bertz CT molecular complexity index is 758. The first-order valence-corrected chi connectivity index (χ1v) is 15.2. The Labute approximate surface area is 195 Å². The Hall–Kier alpha value is -1.06. The van der Waals surface area contributed by atoms with E-state index < -0.39 is 8.32 Å². The number of benzene rings is 2. The Morgan fingerprint density at radius 3 is 1.80 bits per heavy atom. The molecule has 0 unspecified atom stereocenters. The summed E-state index contributed by atoms with van der Waals surface area (Å²) in [6.07, 6.45) is 0.247. The summed E-state index contributed by atoms with van der Waals surface area (Å²) in [7, 11) is -2.25. The first-order valence-electron chi connectivity index (χ1n) is 10.8. The van der Waals surface area contributed by atoms with E-state index in [1.54, 1.807) is 0 Å². The van der Waals surface area contributed by atoms with Crippen LogP contribution in [0.2, 0.25) is 16.6 Å². The van der Waals surface area contributed by atoms with Crippen molar-refractivity contribution in [3.8, 4) is 0 Å². The van der Waals surface area contributed by atoms with Crippen LogP contribution in [0.4, 0.5) is 0 Å². The van der Waals surface area contributed by atoms with Crippen molar-refractivity contribution in [3.05, 3.63) is 66.2 Å². The molecule has 0 bridgehead atoms. The van der Waals surface area contributed by atoms with Crippen molar-refractivity contribution < 1.29 is 9.22 Å². The van der Waals surface area contributed by atoms with E-state index in [4.69, 9.17) is 16.0 Å². The van der Waals surface area contributed by atoms with Crippen molar-refractivity contribution >= 4 is 45.3 Å². The van der Waals surface area contributed by atoms with Gasteiger partial charge >= 0.3 is 196 Å². The van der Waals surface area contributed by atoms with Gasteiger partial charge in [-0.05, 0) is 0 Å². The van der Waals surface area contributed by atoms with Crippen molar-refractivity contribution in [1.82, 2.24) is 0 Å². The van der Waals surface area contributed by atoms with E-state index in [9.17, 15) is 4.79 Å². The molecule has 2 aromatic carbocycles. The molecule has 0 saturated heterocycles. The van der Waals surface area contributed by atoms with Gasteiger partial charge in [0.05, 0.1) is 0 Å². The van der Waals surface area contributed by atoms with Crippen LogP contribution in [0, 0.1) is 0 Å². The summed E-state index contributed by atoms with van der Waals surface area (Å²) >= 11 is 7.05. The summed E-state index contributed by atoms with van der Waals surface area (Å²) in [4.78, 5) is 13.2. The normalized spacial score (nSPS) is 14.2. The second-order valence-electron chi connectivity index (χ2n) is 8.77. The van der Waals surface area contributed by atoms with Gasteiger partial charge in [-0.15, -0.1) is 0 Å². The summed E-state index contributed by atoms with van der Waals surface area (Å²) in [5, 5.41) is -0.293. The van der Waals surface area contributed by atoms with Gasteiger partial charge in [0, 0.05) is 0 Å². The molecule has 0 spiro atoms. The summed E-state index contributed by atoms with van der Waals surface area (Å²) < 4.78 is 7.64. The van der Waals surface area contributed by atoms with Crippen LogP contribution in [0.5, 0.6) is 0 Å². The van der Waals surface area contributed by atoms with Crippen molar-refractivity contribution in [2.45, 2.75) is 74.8 Å². The SMILES string of the molecule is CC(C)[Si](OC(=O)C[C@@H](Cl)[C@@H]([Se]c1ccccc1)c1ccccc1)(C(C)C)C(C)C. The van der Waals surface area contributed by atoms with Crippen LogP contribution in [0.3, 0.4) is 0 Å². The van der Waals surface area contributed by atoms with E-state index in [1.807, 2.05) is 24.3 Å². The second kappa shape index (κ2) is 11.5. The Morgan fingerprint density at radius 2 is 1.33 bits per heavy atom. The molecule has 0 amide bonds. The van der Waals surface area contributed by atoms with Crippen LogP contribution in [-0.4, -0.2) is 34.6 Å². The number of hydrogen-bond acceptors (Lipinski definition) is 2. The fourth-order valence-corrected chi connectivity index (χ4v) is 12.6. The molecule has 0 radical (unpaired) electrons. The average Bonchev–Trinajstić information content (AvgIpc) is 2.70. The van der Waals surface area contributed by atoms with E-state index in [0.29, 0.717) is 16.6 Å². The third-order valence-corrected chi connectivity index (χ3v) is 15.5. The van der Waals surface area contributed by atoms with E-state index in [2.05, 4.69) is 77.9 Å². The predicted octanol–water partition coefficient (Wildman–Crippen LogP) is 6.47. The zero-order valence-corrected chi connectivity index (χ0v) is 22.4. The molecule has 0 heterocycles. The molecule has 0 fully saturated rings. The fraction of sp³-hybridized carbons (Fsp3) is 0.480. The quantitative estimate of drug-likeness (QED) is 0.271. The van der Waals surface area contributed by atoms with Crippen molar-refractivity contribution in [2.24, 2.45) is 0 Å². The molecule has 5 heteroatoms. The summed E-state index contributed by atoms with van der Waals surface area (Å²) in [5.41, 5.74) is 2.30. The first-order chi connectivity index (χ1) is 14.2. The number of alkyl halides is 1. The van der Waals surface area contributed by atoms with Gasteiger partial charge in [-0.25, -0.2) is 0 Å². The van der Waals surface area contributed by atoms with Crippen LogP contribution in [-0.2, 0) is 9.22 Å². The molecule has 164 valence electrons. The van der Waals surface area contributed by atoms with Gasteiger partial charge in [-0.1, -0.05) is 0 Å². The minimum atomic E-state index is -2.25. The molecule has 2 nitrogen and oxygen atoms in total. The molecule has 2 rings (SSSR count). The Balaban J connectivity index is 2.21. The molecule has 30 heavy (non-hydrogen) atoms. The fourth-order valence-electron chi connectivity index (χ4n) is 4.50. The van der Waals surface area contributed by atoms with E-state index in [0.717, 1.165) is 0 Å². The maximum atomic E-state index is 13.1. The summed E-state index contributed by atoms with van der Waals surface area (Å²) in [6, 6.07) is 20.8. The molecule has 0 saturated carbocycles. The van der Waals surface area contributed by atoms with Gasteiger partial charge in [-0.2, -0.15) is 0 Å². The summed E-state index contributed by atoms with van der Waals surface area (Å²) in [5.74, 6) is -0.137. The third-order valence-electron chi connectivity index (χ3n) is 5.82. The Morgan fingerprint density at radius 1 is 0.867 bits per heavy atom. The van der Waals surface area contributed by atoms with Crippen LogP contribution in [0.15, 0.2) is 60.7 Å². The van der Waals surface area contributed by atoms with E-state index >= 15 is 0 Å². The molecule has 0 N–H and O–H groups in total. The molecule has 0 aliphatic heterocycles. The van der Waals surface area contributed by atoms with Crippen LogP contribution < -0.4 is 4.46 Å². The number of carbonyl (C=O) groups excluding carboxylic acids is 1. The Kier molecular flexibility index (Phi) is 9.68. The van der Waals surface area contributed by atoms with Gasteiger partial charge in [0.2, 0.25) is 0 Å². The zero-order chi connectivity index (χ0) is 22.3. The topological polar surface area (TPSA) is 26.3 Å². The molecule has 2 aromatic rings. The molecule has 2 atom stereocenters. The second-order valence-corrected chi connectivity index (χ2v) is 17.3. The van der Waals surface area contributed by atoms with Gasteiger partial charge in [0.25, 0.3) is 0 Å². The number of rotatable bonds is 10. The van der Waals surface area contributed by atoms with Crippen molar-refractivity contribution in [2.75, 3.05) is 0 Å². The van der Waals surface area contributed by atoms with Crippen LogP contribution in [0.25, 0.3) is 0 Å². The standard InChI is InChI=1S/C25H35ClO2SeSi/c1-18(2)30(19(3)4,20(5)6)28-24(27)17-23(26)25(21-13-9-7-10-14-21)29-22-15-11-8-12-16-22/h7-16,18-20,23,25H,17H2,1-6H3/t23-,25+/m1/s1. The van der Waals surface area contributed by atoms with Crippen LogP contribution >= 0.6 is 11.6 Å². The zero-order valence-electron chi connectivity index (χ0n) is 19.0.